The summed E-state index contributed by atoms with van der Waals surface area (Å²) in [6.45, 7) is 5.38. The molecule has 0 aromatic heterocycles. The summed E-state index contributed by atoms with van der Waals surface area (Å²) in [6, 6.07) is 0. The van der Waals surface area contributed by atoms with Crippen molar-refractivity contribution < 1.29 is 4.74 Å². The molecule has 0 aromatic rings. The van der Waals surface area contributed by atoms with Crippen LogP contribution in [0.25, 0.3) is 0 Å². The van der Waals surface area contributed by atoms with Gasteiger partial charge in [-0.1, -0.05) is 142 Å². The van der Waals surface area contributed by atoms with Gasteiger partial charge in [0.2, 0.25) is 0 Å². The zero-order valence-corrected chi connectivity index (χ0v) is 21.4. The molecule has 0 unspecified atom stereocenters. The van der Waals surface area contributed by atoms with E-state index in [4.69, 9.17) is 17.0 Å². The van der Waals surface area contributed by atoms with Gasteiger partial charge in [0.15, 0.2) is 0 Å². The van der Waals surface area contributed by atoms with Crippen molar-refractivity contribution in [1.82, 2.24) is 5.32 Å². The number of thiocarbonyl (C=S) groups is 1. The third-order valence-electron chi connectivity index (χ3n) is 6.86. The van der Waals surface area contributed by atoms with Crippen LogP contribution in [0.1, 0.15) is 155 Å². The highest BCUT2D eigenvalue weighted by molar-refractivity contribution is 7.80. The van der Waals surface area contributed by atoms with Crippen LogP contribution in [0.3, 0.4) is 0 Å². The van der Waals surface area contributed by atoms with Gasteiger partial charge in [-0.15, -0.1) is 0 Å². The quantitative estimate of drug-likeness (QED) is 0.134. The van der Waals surface area contributed by atoms with Gasteiger partial charge in [0.1, 0.15) is 6.61 Å². The Bertz CT molecular complexity index is 374. The number of hydrogen-bond acceptors (Lipinski definition) is 2. The fraction of sp³-hybridized carbons (Fsp3) is 0.963. The molecule has 0 radical (unpaired) electrons. The summed E-state index contributed by atoms with van der Waals surface area (Å²) in [7, 11) is 0. The van der Waals surface area contributed by atoms with Crippen LogP contribution in [0.5, 0.6) is 0 Å². The van der Waals surface area contributed by atoms with E-state index in [2.05, 4.69) is 19.2 Å². The van der Waals surface area contributed by atoms with Gasteiger partial charge in [0.05, 0.1) is 5.54 Å². The highest BCUT2D eigenvalue weighted by Gasteiger charge is 2.36. The zero-order valence-electron chi connectivity index (χ0n) is 20.6. The van der Waals surface area contributed by atoms with Gasteiger partial charge in [-0.05, 0) is 25.1 Å². The molecule has 3 heteroatoms. The van der Waals surface area contributed by atoms with Crippen molar-refractivity contribution in [3.05, 3.63) is 0 Å². The molecule has 1 N–H and O–H groups in total. The van der Waals surface area contributed by atoms with E-state index < -0.39 is 0 Å². The molecule has 1 fully saturated rings. The number of ether oxygens (including phenoxy) is 1. The van der Waals surface area contributed by atoms with Crippen molar-refractivity contribution >= 4 is 17.4 Å². The smallest absolute Gasteiger partial charge is 0.257 e. The first kappa shape index (κ1) is 27.7. The monoisotopic (exact) mass is 439 g/mol. The minimum Gasteiger partial charge on any atom is -0.469 e. The first-order valence-electron chi connectivity index (χ1n) is 13.7. The minimum atomic E-state index is 0.136. The maximum atomic E-state index is 5.67. The van der Waals surface area contributed by atoms with E-state index in [1.807, 2.05) is 0 Å². The summed E-state index contributed by atoms with van der Waals surface area (Å²) in [5, 5.41) is 4.17. The number of nitrogens with one attached hydrogen (secondary N) is 1. The van der Waals surface area contributed by atoms with E-state index in [0.717, 1.165) is 6.61 Å². The van der Waals surface area contributed by atoms with E-state index >= 15 is 0 Å². The lowest BCUT2D eigenvalue weighted by atomic mass is 9.87. The molecule has 0 bridgehead atoms. The fourth-order valence-corrected chi connectivity index (χ4v) is 5.06. The number of rotatable bonds is 22. The molecule has 0 aromatic carbocycles. The highest BCUT2D eigenvalue weighted by Crippen LogP contribution is 2.27. The molecule has 1 rings (SSSR count). The van der Waals surface area contributed by atoms with Crippen LogP contribution >= 0.6 is 12.2 Å². The fourth-order valence-electron chi connectivity index (χ4n) is 4.79. The second kappa shape index (κ2) is 19.4. The van der Waals surface area contributed by atoms with Gasteiger partial charge in [0.25, 0.3) is 5.17 Å². The van der Waals surface area contributed by atoms with Crippen LogP contribution in [0, 0.1) is 0 Å². The molecular formula is C27H53NOS. The molecule has 1 aliphatic rings. The summed E-state index contributed by atoms with van der Waals surface area (Å²) in [6.07, 6.45) is 30.4. The van der Waals surface area contributed by atoms with Crippen LogP contribution in [0.4, 0.5) is 0 Å². The Morgan fingerprint density at radius 1 is 0.600 bits per heavy atom. The Hall–Kier alpha value is -0.310. The molecular weight excluding hydrogens is 386 g/mol. The molecule has 0 amide bonds. The van der Waals surface area contributed by atoms with Crippen LogP contribution in [-0.4, -0.2) is 17.3 Å². The van der Waals surface area contributed by atoms with Crippen molar-refractivity contribution in [2.45, 2.75) is 161 Å². The normalized spacial score (nSPS) is 15.3. The Kier molecular flexibility index (Phi) is 17.9. The van der Waals surface area contributed by atoms with Crippen LogP contribution in [0.2, 0.25) is 0 Å². The van der Waals surface area contributed by atoms with Gasteiger partial charge in [-0.3, -0.25) is 0 Å². The van der Waals surface area contributed by atoms with Gasteiger partial charge in [0, 0.05) is 0 Å². The summed E-state index contributed by atoms with van der Waals surface area (Å²) in [5.41, 5.74) is 0.136. The molecule has 2 nitrogen and oxygen atoms in total. The third-order valence-corrected chi connectivity index (χ3v) is 7.08. The second-order valence-corrected chi connectivity index (χ2v) is 10.2. The largest absolute Gasteiger partial charge is 0.469 e. The molecule has 30 heavy (non-hydrogen) atoms. The predicted octanol–water partition coefficient (Wildman–Crippen LogP) is 9.25. The van der Waals surface area contributed by atoms with Gasteiger partial charge < -0.3 is 10.1 Å². The van der Waals surface area contributed by atoms with Crippen molar-refractivity contribution in [2.24, 2.45) is 0 Å². The highest BCUT2D eigenvalue weighted by atomic mass is 32.1. The van der Waals surface area contributed by atoms with Gasteiger partial charge in [-0.25, -0.2) is 0 Å². The Labute approximate surface area is 194 Å². The predicted molar refractivity (Wildman–Crippen MR) is 137 cm³/mol. The van der Waals surface area contributed by atoms with Gasteiger partial charge >= 0.3 is 0 Å². The average molecular weight is 440 g/mol. The molecule has 178 valence electrons. The first-order valence-corrected chi connectivity index (χ1v) is 14.1. The molecule has 0 atom stereocenters. The molecule has 1 saturated heterocycles. The van der Waals surface area contributed by atoms with E-state index in [0.29, 0.717) is 5.17 Å². The van der Waals surface area contributed by atoms with Crippen LogP contribution < -0.4 is 5.32 Å². The topological polar surface area (TPSA) is 21.3 Å². The second-order valence-electron chi connectivity index (χ2n) is 9.85. The van der Waals surface area contributed by atoms with E-state index in [1.54, 1.807) is 0 Å². The molecule has 0 aliphatic carbocycles. The summed E-state index contributed by atoms with van der Waals surface area (Å²) >= 11 is 5.29. The number of hydrogen-bond donors (Lipinski definition) is 1. The molecule has 0 spiro atoms. The lowest BCUT2D eigenvalue weighted by Crippen LogP contribution is -2.43. The van der Waals surface area contributed by atoms with Gasteiger partial charge in [-0.2, -0.15) is 0 Å². The summed E-state index contributed by atoms with van der Waals surface area (Å²) < 4.78 is 5.67. The average Bonchev–Trinajstić information content (AvgIpc) is 3.11. The lowest BCUT2D eigenvalue weighted by molar-refractivity contribution is 0.230. The Balaban J connectivity index is 2.03. The maximum absolute atomic E-state index is 5.67. The Morgan fingerprint density at radius 3 is 1.23 bits per heavy atom. The number of unbranched alkanes of at least 4 members (excludes halogenated alkanes) is 18. The molecule has 0 saturated carbocycles. The van der Waals surface area contributed by atoms with E-state index in [-0.39, 0.29) is 5.54 Å². The van der Waals surface area contributed by atoms with E-state index in [9.17, 15) is 0 Å². The maximum Gasteiger partial charge on any atom is 0.257 e. The third kappa shape index (κ3) is 14.7. The van der Waals surface area contributed by atoms with Crippen LogP contribution in [-0.2, 0) is 4.74 Å². The molecule has 1 aliphatic heterocycles. The minimum absolute atomic E-state index is 0.136. The Morgan fingerprint density at radius 2 is 0.933 bits per heavy atom. The zero-order chi connectivity index (χ0) is 21.8. The summed E-state index contributed by atoms with van der Waals surface area (Å²) in [4.78, 5) is 0. The van der Waals surface area contributed by atoms with Crippen molar-refractivity contribution in [3.8, 4) is 0 Å². The lowest BCUT2D eigenvalue weighted by Gasteiger charge is -2.27. The van der Waals surface area contributed by atoms with E-state index in [1.165, 1.54) is 141 Å². The molecule has 1 heterocycles. The summed E-state index contributed by atoms with van der Waals surface area (Å²) in [5.74, 6) is 0. The van der Waals surface area contributed by atoms with Crippen molar-refractivity contribution in [3.63, 3.8) is 0 Å². The van der Waals surface area contributed by atoms with Crippen molar-refractivity contribution in [1.29, 1.82) is 0 Å². The SMILES string of the molecule is CCCCCCCCCCCCC1(CCCCCCCCCCCC)COC(=S)N1. The standard InChI is InChI=1S/C27H53NOS/c1-3-5-7-9-11-13-15-17-19-21-23-27(25-29-26(30)28-27)24-22-20-18-16-14-12-10-8-6-4-2/h3-25H2,1-2H3,(H,28,30). The van der Waals surface area contributed by atoms with Crippen LogP contribution in [0.15, 0.2) is 0 Å². The van der Waals surface area contributed by atoms with Crippen molar-refractivity contribution in [2.75, 3.05) is 6.61 Å². The first-order chi connectivity index (χ1) is 14.7.